The Morgan fingerprint density at radius 2 is 2.00 bits per heavy atom. The molecule has 7 nitrogen and oxygen atoms in total. The maximum Gasteiger partial charge on any atom is 0.268 e. The number of benzene rings is 2. The summed E-state index contributed by atoms with van der Waals surface area (Å²) in [4.78, 5) is 31.1. The van der Waals surface area contributed by atoms with Crippen molar-refractivity contribution < 1.29 is 14.7 Å². The SMILES string of the molecule is O=C(CN1CCCC(O)C1)N[C@H]1c2ccccc2C[C@H]1NC(=O)c1cc2cc(Cl)ccc2[nH]1. The highest BCUT2D eigenvalue weighted by Gasteiger charge is 2.35. The molecule has 33 heavy (non-hydrogen) atoms. The summed E-state index contributed by atoms with van der Waals surface area (Å²) in [5.41, 5.74) is 3.44. The Bertz CT molecular complexity index is 1190. The minimum absolute atomic E-state index is 0.106. The molecule has 1 unspecified atom stereocenters. The topological polar surface area (TPSA) is 97.5 Å². The lowest BCUT2D eigenvalue weighted by atomic mass is 10.1. The van der Waals surface area contributed by atoms with Crippen LogP contribution in [0.15, 0.2) is 48.5 Å². The van der Waals surface area contributed by atoms with Gasteiger partial charge >= 0.3 is 0 Å². The number of nitrogens with one attached hydrogen (secondary N) is 3. The van der Waals surface area contributed by atoms with Gasteiger partial charge in [0.05, 0.1) is 24.7 Å². The van der Waals surface area contributed by atoms with Crippen molar-refractivity contribution in [3.05, 3.63) is 70.4 Å². The number of likely N-dealkylation sites (tertiary alicyclic amines) is 1. The van der Waals surface area contributed by atoms with Crippen molar-refractivity contribution >= 4 is 34.3 Å². The first-order valence-corrected chi connectivity index (χ1v) is 11.7. The van der Waals surface area contributed by atoms with Crippen LogP contribution >= 0.6 is 11.6 Å². The summed E-state index contributed by atoms with van der Waals surface area (Å²) >= 11 is 6.07. The van der Waals surface area contributed by atoms with Gasteiger partial charge in [0.25, 0.3) is 5.91 Å². The Kier molecular flexibility index (Phi) is 6.10. The van der Waals surface area contributed by atoms with Crippen LogP contribution in [0.3, 0.4) is 0 Å². The third-order valence-electron chi connectivity index (χ3n) is 6.54. The second-order valence-electron chi connectivity index (χ2n) is 8.97. The molecule has 4 N–H and O–H groups in total. The molecule has 0 saturated carbocycles. The van der Waals surface area contributed by atoms with Gasteiger partial charge in [-0.15, -0.1) is 0 Å². The zero-order valence-corrected chi connectivity index (χ0v) is 18.9. The largest absolute Gasteiger partial charge is 0.392 e. The van der Waals surface area contributed by atoms with Gasteiger partial charge in [0.2, 0.25) is 5.91 Å². The number of rotatable bonds is 5. The summed E-state index contributed by atoms with van der Waals surface area (Å²) in [5.74, 6) is -0.330. The first-order valence-electron chi connectivity index (χ1n) is 11.3. The molecule has 3 atom stereocenters. The van der Waals surface area contributed by atoms with Gasteiger partial charge in [0.1, 0.15) is 5.69 Å². The van der Waals surface area contributed by atoms with Crippen molar-refractivity contribution in [1.82, 2.24) is 20.5 Å². The van der Waals surface area contributed by atoms with E-state index in [1.807, 2.05) is 41.3 Å². The molecule has 2 amide bonds. The molecule has 3 aromatic rings. The number of halogens is 1. The van der Waals surface area contributed by atoms with Crippen molar-refractivity contribution in [2.24, 2.45) is 0 Å². The van der Waals surface area contributed by atoms with Crippen molar-refractivity contribution in [2.45, 2.75) is 37.5 Å². The van der Waals surface area contributed by atoms with E-state index < -0.39 is 0 Å². The van der Waals surface area contributed by atoms with Crippen molar-refractivity contribution in [3.63, 3.8) is 0 Å². The Morgan fingerprint density at radius 1 is 1.15 bits per heavy atom. The third kappa shape index (κ3) is 4.76. The van der Waals surface area contributed by atoms with Crippen molar-refractivity contribution in [3.8, 4) is 0 Å². The van der Waals surface area contributed by atoms with Gasteiger partial charge < -0.3 is 20.7 Å². The van der Waals surface area contributed by atoms with Crippen LogP contribution in [0.2, 0.25) is 5.02 Å². The lowest BCUT2D eigenvalue weighted by molar-refractivity contribution is -0.123. The monoisotopic (exact) mass is 466 g/mol. The van der Waals surface area contributed by atoms with Crippen LogP contribution < -0.4 is 10.6 Å². The second kappa shape index (κ2) is 9.17. The van der Waals surface area contributed by atoms with E-state index in [0.29, 0.717) is 23.7 Å². The molecule has 0 radical (unpaired) electrons. The predicted octanol–water partition coefficient (Wildman–Crippen LogP) is 2.79. The summed E-state index contributed by atoms with van der Waals surface area (Å²) in [6, 6.07) is 14.6. The van der Waals surface area contributed by atoms with E-state index in [1.165, 1.54) is 0 Å². The number of aromatic amines is 1. The van der Waals surface area contributed by atoms with Crippen molar-refractivity contribution in [1.29, 1.82) is 0 Å². The summed E-state index contributed by atoms with van der Waals surface area (Å²) in [7, 11) is 0. The van der Waals surface area contributed by atoms with Gasteiger partial charge in [-0.1, -0.05) is 35.9 Å². The number of aromatic nitrogens is 1. The number of amides is 2. The van der Waals surface area contributed by atoms with Crippen LogP contribution in [0.25, 0.3) is 10.9 Å². The van der Waals surface area contributed by atoms with Gasteiger partial charge in [-0.2, -0.15) is 0 Å². The number of H-pyrrole nitrogens is 1. The predicted molar refractivity (Wildman–Crippen MR) is 127 cm³/mol. The van der Waals surface area contributed by atoms with E-state index in [4.69, 9.17) is 11.6 Å². The number of aliphatic hydroxyl groups excluding tert-OH is 1. The summed E-state index contributed by atoms with van der Waals surface area (Å²) in [5, 5.41) is 17.6. The highest BCUT2D eigenvalue weighted by Crippen LogP contribution is 2.32. The normalized spacial score (nSPS) is 22.8. The fraction of sp³-hybridized carbons (Fsp3) is 0.360. The average molecular weight is 467 g/mol. The fourth-order valence-corrected chi connectivity index (χ4v) is 5.16. The van der Waals surface area contributed by atoms with E-state index in [-0.39, 0.29) is 36.5 Å². The number of hydrogen-bond donors (Lipinski definition) is 4. The summed E-state index contributed by atoms with van der Waals surface area (Å²) < 4.78 is 0. The number of carbonyl (C=O) groups is 2. The van der Waals surface area contributed by atoms with E-state index in [1.54, 1.807) is 12.1 Å². The third-order valence-corrected chi connectivity index (χ3v) is 6.78. The molecule has 0 bridgehead atoms. The fourth-order valence-electron chi connectivity index (χ4n) is 4.98. The summed E-state index contributed by atoms with van der Waals surface area (Å²) in [6.07, 6.45) is 1.93. The molecule has 2 aromatic carbocycles. The standard InChI is InChI=1S/C25H27ClN4O3/c26-17-7-8-20-16(10-17)12-22(27-20)25(33)28-21-11-15-4-1-2-6-19(15)24(21)29-23(32)14-30-9-3-5-18(31)13-30/h1-2,4,6-8,10,12,18,21,24,27,31H,3,5,9,11,13-14H2,(H,28,33)(H,29,32)/t18?,21-,24+/m1/s1. The lowest BCUT2D eigenvalue weighted by Gasteiger charge is -2.30. The minimum Gasteiger partial charge on any atom is -0.392 e. The number of fused-ring (bicyclic) bond motifs is 2. The van der Waals surface area contributed by atoms with Gasteiger partial charge in [-0.3, -0.25) is 14.5 Å². The lowest BCUT2D eigenvalue weighted by Crippen LogP contribution is -2.48. The van der Waals surface area contributed by atoms with Gasteiger partial charge in [-0.25, -0.2) is 0 Å². The van der Waals surface area contributed by atoms with E-state index in [9.17, 15) is 14.7 Å². The Labute approximate surface area is 197 Å². The number of carbonyl (C=O) groups excluding carboxylic acids is 2. The molecule has 1 saturated heterocycles. The van der Waals surface area contributed by atoms with E-state index in [2.05, 4.69) is 15.6 Å². The number of aliphatic hydroxyl groups is 1. The zero-order valence-electron chi connectivity index (χ0n) is 18.2. The molecule has 2 aliphatic rings. The van der Waals surface area contributed by atoms with Crippen LogP contribution in [0.4, 0.5) is 0 Å². The molecule has 0 spiro atoms. The Balaban J connectivity index is 1.31. The maximum absolute atomic E-state index is 13.1. The van der Waals surface area contributed by atoms with Gasteiger partial charge in [-0.05, 0) is 61.2 Å². The first kappa shape index (κ1) is 21.9. The smallest absolute Gasteiger partial charge is 0.268 e. The van der Waals surface area contributed by atoms with Crippen molar-refractivity contribution in [2.75, 3.05) is 19.6 Å². The first-order chi connectivity index (χ1) is 16.0. The number of hydrogen-bond acceptors (Lipinski definition) is 4. The quantitative estimate of drug-likeness (QED) is 0.465. The molecule has 2 heterocycles. The van der Waals surface area contributed by atoms with Gasteiger partial charge in [0, 0.05) is 22.5 Å². The van der Waals surface area contributed by atoms with Crippen LogP contribution in [-0.2, 0) is 11.2 Å². The second-order valence-corrected chi connectivity index (χ2v) is 9.41. The Hall–Kier alpha value is -2.87. The highest BCUT2D eigenvalue weighted by atomic mass is 35.5. The van der Waals surface area contributed by atoms with Gasteiger partial charge in [0.15, 0.2) is 0 Å². The maximum atomic E-state index is 13.1. The molecule has 1 aromatic heterocycles. The van der Waals surface area contributed by atoms with E-state index >= 15 is 0 Å². The molecule has 1 aliphatic carbocycles. The highest BCUT2D eigenvalue weighted by molar-refractivity contribution is 6.31. The molecular formula is C25H27ClN4O3. The molecule has 5 rings (SSSR count). The molecular weight excluding hydrogens is 440 g/mol. The number of nitrogens with zero attached hydrogens (tertiary/aromatic N) is 1. The van der Waals surface area contributed by atoms with Crippen LogP contribution in [0, 0.1) is 0 Å². The number of β-amino-alcohol motifs (C(OH)–C–C–N with tert-alkyl or cyclic N) is 1. The van der Waals surface area contributed by atoms with Crippen LogP contribution in [0.1, 0.15) is 40.5 Å². The zero-order chi connectivity index (χ0) is 22.9. The number of piperidine rings is 1. The molecule has 172 valence electrons. The molecule has 1 aliphatic heterocycles. The molecule has 1 fully saturated rings. The average Bonchev–Trinajstić information content (AvgIpc) is 3.35. The Morgan fingerprint density at radius 3 is 2.85 bits per heavy atom. The van der Waals surface area contributed by atoms with Crippen LogP contribution in [-0.4, -0.2) is 58.6 Å². The minimum atomic E-state index is -0.378. The molecule has 8 heteroatoms. The van der Waals surface area contributed by atoms with E-state index in [0.717, 1.165) is 41.4 Å². The van der Waals surface area contributed by atoms with Crippen LogP contribution in [0.5, 0.6) is 0 Å². The summed E-state index contributed by atoms with van der Waals surface area (Å²) in [6.45, 7) is 1.55.